The number of sulfone groups is 2. The Kier molecular flexibility index (Phi) is 4.68. The average molecular weight is 347 g/mol. The smallest absolute Gasteiger partial charge is 0.216 e. The van der Waals surface area contributed by atoms with Gasteiger partial charge in [-0.2, -0.15) is 5.26 Å². The van der Waals surface area contributed by atoms with Crippen LogP contribution in [0.3, 0.4) is 0 Å². The Morgan fingerprint density at radius 2 is 1.48 bits per heavy atom. The minimum absolute atomic E-state index is 0.0283. The van der Waals surface area contributed by atoms with Crippen molar-refractivity contribution in [3.63, 3.8) is 0 Å². The van der Waals surface area contributed by atoms with Crippen LogP contribution in [0.15, 0.2) is 69.3 Å². The quantitative estimate of drug-likeness (QED) is 0.792. The van der Waals surface area contributed by atoms with E-state index in [1.807, 2.05) is 0 Å². The summed E-state index contributed by atoms with van der Waals surface area (Å²) in [5, 5.41) is 9.17. The molecule has 0 unspecified atom stereocenters. The van der Waals surface area contributed by atoms with E-state index in [0.29, 0.717) is 5.56 Å². The van der Waals surface area contributed by atoms with Crippen molar-refractivity contribution in [1.29, 1.82) is 5.26 Å². The highest BCUT2D eigenvalue weighted by Crippen LogP contribution is 2.21. The third kappa shape index (κ3) is 3.86. The molecular formula is C16H13NO4S2. The third-order valence-corrected chi connectivity index (χ3v) is 5.87. The van der Waals surface area contributed by atoms with Crippen molar-refractivity contribution in [2.75, 3.05) is 6.26 Å². The highest BCUT2D eigenvalue weighted by Gasteiger charge is 2.20. The molecule has 0 saturated carbocycles. The van der Waals surface area contributed by atoms with Gasteiger partial charge in [-0.1, -0.05) is 30.3 Å². The summed E-state index contributed by atoms with van der Waals surface area (Å²) >= 11 is 0. The maximum absolute atomic E-state index is 12.4. The molecule has 118 valence electrons. The number of rotatable bonds is 4. The summed E-state index contributed by atoms with van der Waals surface area (Å²) < 4.78 is 47.6. The first-order valence-corrected chi connectivity index (χ1v) is 9.84. The van der Waals surface area contributed by atoms with Crippen molar-refractivity contribution in [2.24, 2.45) is 0 Å². The minimum atomic E-state index is -3.91. The van der Waals surface area contributed by atoms with Gasteiger partial charge in [0.15, 0.2) is 9.84 Å². The van der Waals surface area contributed by atoms with Gasteiger partial charge in [0.2, 0.25) is 9.84 Å². The van der Waals surface area contributed by atoms with E-state index in [1.165, 1.54) is 42.5 Å². The van der Waals surface area contributed by atoms with Crippen molar-refractivity contribution >= 4 is 25.8 Å². The zero-order valence-corrected chi connectivity index (χ0v) is 13.8. The van der Waals surface area contributed by atoms with Crippen molar-refractivity contribution in [3.8, 4) is 6.07 Å². The Hall–Kier alpha value is -2.43. The van der Waals surface area contributed by atoms with Gasteiger partial charge in [0.05, 0.1) is 9.79 Å². The van der Waals surface area contributed by atoms with Crippen LogP contribution in [-0.2, 0) is 19.7 Å². The zero-order valence-electron chi connectivity index (χ0n) is 12.2. The molecule has 0 aliphatic carbocycles. The molecule has 5 nitrogen and oxygen atoms in total. The van der Waals surface area contributed by atoms with Gasteiger partial charge in [-0.3, -0.25) is 0 Å². The molecular weight excluding hydrogens is 334 g/mol. The van der Waals surface area contributed by atoms with Crippen LogP contribution in [0.1, 0.15) is 5.56 Å². The van der Waals surface area contributed by atoms with Crippen molar-refractivity contribution in [2.45, 2.75) is 9.79 Å². The van der Waals surface area contributed by atoms with Crippen LogP contribution in [0.5, 0.6) is 0 Å². The lowest BCUT2D eigenvalue weighted by Crippen LogP contribution is -2.03. The summed E-state index contributed by atoms with van der Waals surface area (Å²) in [6.45, 7) is 0. The summed E-state index contributed by atoms with van der Waals surface area (Å²) in [5.74, 6) is 0. The van der Waals surface area contributed by atoms with E-state index in [0.717, 1.165) is 6.26 Å². The highest BCUT2D eigenvalue weighted by atomic mass is 32.2. The summed E-state index contributed by atoms with van der Waals surface area (Å²) in [7, 11) is -7.24. The SMILES string of the molecule is CS(=O)(=O)c1ccc(/C=C(\C#N)S(=O)(=O)c2ccccc2)cc1. The van der Waals surface area contributed by atoms with E-state index in [1.54, 1.807) is 24.3 Å². The first kappa shape index (κ1) is 16.9. The molecule has 7 heteroatoms. The lowest BCUT2D eigenvalue weighted by Gasteiger charge is -2.03. The van der Waals surface area contributed by atoms with Crippen molar-refractivity contribution in [3.05, 3.63) is 65.1 Å². The maximum Gasteiger partial charge on any atom is 0.216 e. The predicted molar refractivity (Wildman–Crippen MR) is 86.8 cm³/mol. The van der Waals surface area contributed by atoms with Crippen molar-refractivity contribution < 1.29 is 16.8 Å². The number of allylic oxidation sites excluding steroid dienone is 1. The fraction of sp³-hybridized carbons (Fsp3) is 0.0625. The second kappa shape index (κ2) is 6.36. The number of nitriles is 1. The second-order valence-electron chi connectivity index (χ2n) is 4.78. The average Bonchev–Trinajstić information content (AvgIpc) is 2.53. The monoisotopic (exact) mass is 347 g/mol. The number of hydrogen-bond donors (Lipinski definition) is 0. The fourth-order valence-electron chi connectivity index (χ4n) is 1.86. The van der Waals surface area contributed by atoms with Gasteiger partial charge in [-0.05, 0) is 35.9 Å². The Labute approximate surface area is 135 Å². The third-order valence-electron chi connectivity index (χ3n) is 3.06. The second-order valence-corrected chi connectivity index (χ2v) is 8.71. The Morgan fingerprint density at radius 1 is 0.913 bits per heavy atom. The number of nitrogens with zero attached hydrogens (tertiary/aromatic N) is 1. The zero-order chi connectivity index (χ0) is 17.1. The van der Waals surface area contributed by atoms with E-state index in [2.05, 4.69) is 0 Å². The molecule has 0 fully saturated rings. The summed E-state index contributed by atoms with van der Waals surface area (Å²) in [6, 6.07) is 15.0. The number of hydrogen-bond acceptors (Lipinski definition) is 5. The minimum Gasteiger partial charge on any atom is -0.224 e. The van der Waals surface area contributed by atoms with Gasteiger partial charge in [-0.15, -0.1) is 0 Å². The lowest BCUT2D eigenvalue weighted by atomic mass is 10.2. The molecule has 2 rings (SSSR count). The normalized spacial score (nSPS) is 12.6. The van der Waals surface area contributed by atoms with E-state index >= 15 is 0 Å². The molecule has 0 saturated heterocycles. The Morgan fingerprint density at radius 3 is 1.96 bits per heavy atom. The van der Waals surface area contributed by atoms with Gasteiger partial charge >= 0.3 is 0 Å². The molecule has 0 N–H and O–H groups in total. The first-order valence-electron chi connectivity index (χ1n) is 6.47. The van der Waals surface area contributed by atoms with E-state index in [4.69, 9.17) is 0 Å². The Bertz CT molecular complexity index is 982. The van der Waals surface area contributed by atoms with Crippen molar-refractivity contribution in [1.82, 2.24) is 0 Å². The lowest BCUT2D eigenvalue weighted by molar-refractivity contribution is 0.600. The molecule has 0 radical (unpaired) electrons. The summed E-state index contributed by atoms with van der Waals surface area (Å²) in [6.07, 6.45) is 2.30. The van der Waals surface area contributed by atoms with Crippen LogP contribution in [0, 0.1) is 11.3 Å². The van der Waals surface area contributed by atoms with Gasteiger partial charge in [0.1, 0.15) is 11.0 Å². The topological polar surface area (TPSA) is 92.1 Å². The molecule has 2 aromatic rings. The van der Waals surface area contributed by atoms with Crippen LogP contribution in [0.2, 0.25) is 0 Å². The summed E-state index contributed by atoms with van der Waals surface area (Å²) in [4.78, 5) is -0.254. The van der Waals surface area contributed by atoms with Gasteiger partial charge < -0.3 is 0 Å². The molecule has 0 spiro atoms. The van der Waals surface area contributed by atoms with E-state index in [9.17, 15) is 22.1 Å². The fourth-order valence-corrected chi connectivity index (χ4v) is 3.67. The van der Waals surface area contributed by atoms with Crippen LogP contribution in [-0.4, -0.2) is 23.1 Å². The largest absolute Gasteiger partial charge is 0.224 e. The first-order chi connectivity index (χ1) is 10.7. The van der Waals surface area contributed by atoms with E-state index in [-0.39, 0.29) is 9.79 Å². The molecule has 0 heterocycles. The molecule has 0 amide bonds. The van der Waals surface area contributed by atoms with Crippen LogP contribution in [0.25, 0.3) is 6.08 Å². The van der Waals surface area contributed by atoms with E-state index < -0.39 is 24.6 Å². The number of benzene rings is 2. The van der Waals surface area contributed by atoms with Crippen LogP contribution < -0.4 is 0 Å². The molecule has 0 bridgehead atoms. The molecule has 0 aliphatic heterocycles. The molecule has 0 aromatic heterocycles. The molecule has 2 aromatic carbocycles. The standard InChI is InChI=1S/C16H13NO4S2/c1-22(18,19)14-9-7-13(8-10-14)11-16(12-17)23(20,21)15-5-3-2-4-6-15/h2-11H,1H3/b16-11+. The van der Waals surface area contributed by atoms with Gasteiger partial charge in [0, 0.05) is 6.26 Å². The Balaban J connectivity index is 2.46. The highest BCUT2D eigenvalue weighted by molar-refractivity contribution is 7.95. The summed E-state index contributed by atoms with van der Waals surface area (Å²) in [5.41, 5.74) is 0.424. The van der Waals surface area contributed by atoms with Crippen LogP contribution >= 0.6 is 0 Å². The molecule has 23 heavy (non-hydrogen) atoms. The van der Waals surface area contributed by atoms with Gasteiger partial charge in [0.25, 0.3) is 0 Å². The molecule has 0 atom stereocenters. The van der Waals surface area contributed by atoms with Crippen LogP contribution in [0.4, 0.5) is 0 Å². The maximum atomic E-state index is 12.4. The predicted octanol–water partition coefficient (Wildman–Crippen LogP) is 2.43. The molecule has 0 aliphatic rings. The van der Waals surface area contributed by atoms with Gasteiger partial charge in [-0.25, -0.2) is 16.8 Å².